The predicted octanol–water partition coefficient (Wildman–Crippen LogP) is 5.58. The Labute approximate surface area is 135 Å². The van der Waals surface area contributed by atoms with Crippen LogP contribution in [0.4, 0.5) is 17.6 Å². The SMILES string of the molecule is Fc1ccc(-c2nc3c(Cl)cc(C(F)(F)F)cn3c2Br)cc1. The van der Waals surface area contributed by atoms with Crippen molar-refractivity contribution < 1.29 is 17.6 Å². The van der Waals surface area contributed by atoms with Crippen molar-refractivity contribution in [3.05, 3.63) is 57.5 Å². The highest BCUT2D eigenvalue weighted by Gasteiger charge is 2.32. The maximum atomic E-state index is 13.0. The van der Waals surface area contributed by atoms with E-state index in [0.29, 0.717) is 15.9 Å². The third-order valence-electron chi connectivity index (χ3n) is 3.06. The number of nitrogens with zero attached hydrogens (tertiary/aromatic N) is 2. The van der Waals surface area contributed by atoms with E-state index in [1.165, 1.54) is 28.7 Å². The minimum absolute atomic E-state index is 0.121. The Kier molecular flexibility index (Phi) is 3.65. The number of hydrogen-bond acceptors (Lipinski definition) is 1. The van der Waals surface area contributed by atoms with E-state index in [9.17, 15) is 17.6 Å². The molecule has 0 aliphatic carbocycles. The second-order valence-electron chi connectivity index (χ2n) is 4.53. The summed E-state index contributed by atoms with van der Waals surface area (Å²) in [5, 5.41) is -0.121. The highest BCUT2D eigenvalue weighted by molar-refractivity contribution is 9.10. The van der Waals surface area contributed by atoms with Crippen molar-refractivity contribution >= 4 is 33.2 Å². The van der Waals surface area contributed by atoms with Gasteiger partial charge in [0.2, 0.25) is 0 Å². The first-order valence-corrected chi connectivity index (χ1v) is 7.14. The van der Waals surface area contributed by atoms with Crippen LogP contribution >= 0.6 is 27.5 Å². The van der Waals surface area contributed by atoms with Crippen molar-refractivity contribution in [2.45, 2.75) is 6.18 Å². The topological polar surface area (TPSA) is 17.3 Å². The van der Waals surface area contributed by atoms with E-state index >= 15 is 0 Å². The molecule has 2 heterocycles. The van der Waals surface area contributed by atoms with E-state index in [-0.39, 0.29) is 10.7 Å². The Bertz CT molecular complexity index is 856. The van der Waals surface area contributed by atoms with Gasteiger partial charge in [-0.1, -0.05) is 11.6 Å². The van der Waals surface area contributed by atoms with Gasteiger partial charge >= 0.3 is 6.18 Å². The van der Waals surface area contributed by atoms with Crippen molar-refractivity contribution in [3.63, 3.8) is 0 Å². The molecule has 0 spiro atoms. The number of pyridine rings is 1. The first kappa shape index (κ1) is 15.3. The van der Waals surface area contributed by atoms with Gasteiger partial charge in [-0.15, -0.1) is 0 Å². The zero-order valence-corrected chi connectivity index (χ0v) is 13.0. The smallest absolute Gasteiger partial charge is 0.292 e. The minimum Gasteiger partial charge on any atom is -0.292 e. The van der Waals surface area contributed by atoms with Gasteiger partial charge < -0.3 is 0 Å². The van der Waals surface area contributed by atoms with Crippen molar-refractivity contribution in [2.75, 3.05) is 0 Å². The van der Waals surface area contributed by atoms with E-state index < -0.39 is 17.6 Å². The molecule has 2 nitrogen and oxygen atoms in total. The Morgan fingerprint density at radius 2 is 1.77 bits per heavy atom. The number of imidazole rings is 1. The summed E-state index contributed by atoms with van der Waals surface area (Å²) in [5.74, 6) is -0.416. The minimum atomic E-state index is -4.52. The van der Waals surface area contributed by atoms with Gasteiger partial charge in [0, 0.05) is 11.8 Å². The molecule has 3 aromatic rings. The summed E-state index contributed by atoms with van der Waals surface area (Å²) in [5.41, 5.74) is 0.234. The monoisotopic (exact) mass is 392 g/mol. The molecule has 0 radical (unpaired) electrons. The molecule has 0 aliphatic heterocycles. The molecule has 8 heteroatoms. The lowest BCUT2D eigenvalue weighted by Crippen LogP contribution is -2.06. The fourth-order valence-corrected chi connectivity index (χ4v) is 2.86. The summed E-state index contributed by atoms with van der Waals surface area (Å²) in [6.07, 6.45) is -3.61. The second-order valence-corrected chi connectivity index (χ2v) is 5.68. The van der Waals surface area contributed by atoms with E-state index in [4.69, 9.17) is 11.6 Å². The molecule has 0 aliphatic rings. The van der Waals surface area contributed by atoms with Gasteiger partial charge in [0.25, 0.3) is 0 Å². The third-order valence-corrected chi connectivity index (χ3v) is 4.10. The highest BCUT2D eigenvalue weighted by atomic mass is 79.9. The van der Waals surface area contributed by atoms with Crippen LogP contribution in [0.5, 0.6) is 0 Å². The van der Waals surface area contributed by atoms with Crippen molar-refractivity contribution in [1.82, 2.24) is 9.38 Å². The molecular formula is C14H6BrClF4N2. The van der Waals surface area contributed by atoms with E-state index in [1.54, 1.807) is 0 Å². The maximum Gasteiger partial charge on any atom is 0.417 e. The number of aromatic nitrogens is 2. The highest BCUT2D eigenvalue weighted by Crippen LogP contribution is 2.36. The van der Waals surface area contributed by atoms with Crippen LogP contribution < -0.4 is 0 Å². The zero-order valence-electron chi connectivity index (χ0n) is 10.6. The van der Waals surface area contributed by atoms with Gasteiger partial charge in [-0.2, -0.15) is 13.2 Å². The summed E-state index contributed by atoms with van der Waals surface area (Å²) in [4.78, 5) is 4.23. The normalized spacial score (nSPS) is 12.1. The van der Waals surface area contributed by atoms with Crippen LogP contribution in [0.1, 0.15) is 5.56 Å². The van der Waals surface area contributed by atoms with Gasteiger partial charge in [0.15, 0.2) is 5.65 Å². The number of alkyl halides is 3. The molecule has 1 aromatic carbocycles. The maximum absolute atomic E-state index is 13.0. The van der Waals surface area contributed by atoms with Gasteiger partial charge in [-0.3, -0.25) is 4.40 Å². The molecule has 0 atom stereocenters. The van der Waals surface area contributed by atoms with Gasteiger partial charge in [-0.05, 0) is 46.3 Å². The molecular weight excluding hydrogens is 388 g/mol. The zero-order chi connectivity index (χ0) is 16.1. The lowest BCUT2D eigenvalue weighted by molar-refractivity contribution is -0.137. The number of rotatable bonds is 1. The predicted molar refractivity (Wildman–Crippen MR) is 78.3 cm³/mol. The van der Waals surface area contributed by atoms with Crippen molar-refractivity contribution in [2.24, 2.45) is 0 Å². The Hall–Kier alpha value is -1.60. The average Bonchev–Trinajstić information content (AvgIpc) is 2.77. The molecule has 0 fully saturated rings. The fourth-order valence-electron chi connectivity index (χ4n) is 2.02. The molecule has 0 bridgehead atoms. The molecule has 3 rings (SSSR count). The van der Waals surface area contributed by atoms with E-state index in [0.717, 1.165) is 12.3 Å². The quantitative estimate of drug-likeness (QED) is 0.494. The van der Waals surface area contributed by atoms with Crippen LogP contribution in [0, 0.1) is 5.82 Å². The molecule has 114 valence electrons. The summed E-state index contributed by atoms with van der Waals surface area (Å²) in [6, 6.07) is 6.29. The molecule has 0 saturated carbocycles. The van der Waals surface area contributed by atoms with Gasteiger partial charge in [0.1, 0.15) is 16.1 Å². The lowest BCUT2D eigenvalue weighted by Gasteiger charge is -2.08. The van der Waals surface area contributed by atoms with Crippen LogP contribution in [-0.4, -0.2) is 9.38 Å². The standard InChI is InChI=1S/C14H6BrClF4N2/c15-12-11(7-1-3-9(17)4-2-7)21-13-10(16)5-8(6-22(12)13)14(18,19)20/h1-6H. The summed E-state index contributed by atoms with van der Waals surface area (Å²) < 4.78 is 53.0. The van der Waals surface area contributed by atoms with E-state index in [2.05, 4.69) is 20.9 Å². The summed E-state index contributed by atoms with van der Waals surface area (Å²) >= 11 is 9.12. The first-order valence-electron chi connectivity index (χ1n) is 5.97. The first-order chi connectivity index (χ1) is 10.3. The van der Waals surface area contributed by atoms with Crippen LogP contribution in [0.15, 0.2) is 41.1 Å². The molecule has 2 aromatic heterocycles. The molecule has 0 N–H and O–H groups in total. The largest absolute Gasteiger partial charge is 0.417 e. The number of halogens is 6. The number of hydrogen-bond donors (Lipinski definition) is 0. The Morgan fingerprint density at radius 1 is 1.14 bits per heavy atom. The van der Waals surface area contributed by atoms with Gasteiger partial charge in [-0.25, -0.2) is 9.37 Å². The van der Waals surface area contributed by atoms with Crippen molar-refractivity contribution in [1.29, 1.82) is 0 Å². The van der Waals surface area contributed by atoms with Crippen molar-refractivity contribution in [3.8, 4) is 11.3 Å². The van der Waals surface area contributed by atoms with Crippen LogP contribution in [0.25, 0.3) is 16.9 Å². The molecule has 0 saturated heterocycles. The van der Waals surface area contributed by atoms with Crippen LogP contribution in [-0.2, 0) is 6.18 Å². The van der Waals surface area contributed by atoms with E-state index in [1.807, 2.05) is 0 Å². The lowest BCUT2D eigenvalue weighted by atomic mass is 10.2. The average molecular weight is 394 g/mol. The Balaban J connectivity index is 2.25. The number of fused-ring (bicyclic) bond motifs is 1. The van der Waals surface area contributed by atoms with Crippen LogP contribution in [0.2, 0.25) is 5.02 Å². The third kappa shape index (κ3) is 2.59. The molecule has 0 amide bonds. The Morgan fingerprint density at radius 3 is 2.36 bits per heavy atom. The fraction of sp³-hybridized carbons (Fsp3) is 0.0714. The van der Waals surface area contributed by atoms with Crippen LogP contribution in [0.3, 0.4) is 0 Å². The molecule has 22 heavy (non-hydrogen) atoms. The summed E-state index contributed by atoms with van der Waals surface area (Å²) in [7, 11) is 0. The number of benzene rings is 1. The second kappa shape index (κ2) is 5.24. The molecule has 0 unspecified atom stereocenters. The summed E-state index contributed by atoms with van der Waals surface area (Å²) in [6.45, 7) is 0. The van der Waals surface area contributed by atoms with Gasteiger partial charge in [0.05, 0.1) is 10.6 Å².